The van der Waals surface area contributed by atoms with Gasteiger partial charge in [-0.05, 0) is 33.8 Å². The van der Waals surface area contributed by atoms with Gasteiger partial charge in [-0.1, -0.05) is 0 Å². The van der Waals surface area contributed by atoms with Crippen LogP contribution in [0.15, 0.2) is 9.85 Å². The standard InChI is InChI=1S/C6H8BrNS/c1-4-3-9-5(2-8)6(4)7/h3H,2,8H2,1H3. The second-order valence-electron chi connectivity index (χ2n) is 1.86. The topological polar surface area (TPSA) is 26.0 Å². The third-order valence-electron chi connectivity index (χ3n) is 1.15. The maximum atomic E-state index is 5.44. The van der Waals surface area contributed by atoms with Crippen molar-refractivity contribution < 1.29 is 0 Å². The Balaban J connectivity index is 3.04. The van der Waals surface area contributed by atoms with Gasteiger partial charge in [-0.2, -0.15) is 0 Å². The molecular weight excluding hydrogens is 198 g/mol. The van der Waals surface area contributed by atoms with Crippen molar-refractivity contribution in [1.82, 2.24) is 0 Å². The highest BCUT2D eigenvalue weighted by atomic mass is 79.9. The largest absolute Gasteiger partial charge is 0.326 e. The molecular formula is C6H8BrNS. The Labute approximate surface area is 67.0 Å². The predicted molar refractivity (Wildman–Crippen MR) is 44.6 cm³/mol. The lowest BCUT2D eigenvalue weighted by atomic mass is 10.3. The van der Waals surface area contributed by atoms with E-state index in [0.29, 0.717) is 6.54 Å². The van der Waals surface area contributed by atoms with Gasteiger partial charge >= 0.3 is 0 Å². The molecule has 0 fully saturated rings. The molecule has 0 saturated heterocycles. The molecule has 0 amide bonds. The van der Waals surface area contributed by atoms with Crippen molar-refractivity contribution in [2.24, 2.45) is 5.73 Å². The molecule has 0 atom stereocenters. The third-order valence-corrected chi connectivity index (χ3v) is 3.65. The van der Waals surface area contributed by atoms with Crippen LogP contribution in [0.5, 0.6) is 0 Å². The lowest BCUT2D eigenvalue weighted by Gasteiger charge is -1.89. The zero-order valence-corrected chi connectivity index (χ0v) is 7.55. The minimum Gasteiger partial charge on any atom is -0.326 e. The van der Waals surface area contributed by atoms with Crippen LogP contribution >= 0.6 is 27.3 Å². The fraction of sp³-hybridized carbons (Fsp3) is 0.333. The fourth-order valence-corrected chi connectivity index (χ4v) is 2.13. The summed E-state index contributed by atoms with van der Waals surface area (Å²) in [4.78, 5) is 1.23. The van der Waals surface area contributed by atoms with E-state index in [1.807, 2.05) is 0 Å². The first-order valence-corrected chi connectivity index (χ1v) is 4.35. The maximum absolute atomic E-state index is 5.44. The number of rotatable bonds is 1. The molecule has 1 heterocycles. The summed E-state index contributed by atoms with van der Waals surface area (Å²) in [6, 6.07) is 0. The third kappa shape index (κ3) is 1.34. The molecule has 1 aromatic rings. The van der Waals surface area contributed by atoms with Crippen LogP contribution in [0, 0.1) is 6.92 Å². The molecule has 0 bridgehead atoms. The van der Waals surface area contributed by atoms with Gasteiger partial charge in [-0.3, -0.25) is 0 Å². The van der Waals surface area contributed by atoms with Gasteiger partial charge in [0.05, 0.1) is 0 Å². The maximum Gasteiger partial charge on any atom is 0.0356 e. The monoisotopic (exact) mass is 205 g/mol. The average molecular weight is 206 g/mol. The molecule has 0 aromatic carbocycles. The molecule has 0 spiro atoms. The van der Waals surface area contributed by atoms with Crippen molar-refractivity contribution in [3.05, 3.63) is 20.3 Å². The molecule has 1 rings (SSSR count). The quantitative estimate of drug-likeness (QED) is 0.749. The zero-order valence-electron chi connectivity index (χ0n) is 5.15. The average Bonchev–Trinajstić information content (AvgIpc) is 2.15. The van der Waals surface area contributed by atoms with Crippen LogP contribution in [0.1, 0.15) is 10.4 Å². The molecule has 0 aliphatic rings. The van der Waals surface area contributed by atoms with Gasteiger partial charge < -0.3 is 5.73 Å². The van der Waals surface area contributed by atoms with Crippen LogP contribution in [0.4, 0.5) is 0 Å². The first kappa shape index (κ1) is 7.25. The van der Waals surface area contributed by atoms with Gasteiger partial charge in [-0.15, -0.1) is 11.3 Å². The second kappa shape index (κ2) is 2.82. The summed E-state index contributed by atoms with van der Waals surface area (Å²) in [6.07, 6.45) is 0. The first-order chi connectivity index (χ1) is 4.25. The highest BCUT2D eigenvalue weighted by Crippen LogP contribution is 2.26. The van der Waals surface area contributed by atoms with Crippen LogP contribution in [0.3, 0.4) is 0 Å². The number of aryl methyl sites for hydroxylation is 1. The van der Waals surface area contributed by atoms with Gasteiger partial charge in [0.1, 0.15) is 0 Å². The van der Waals surface area contributed by atoms with E-state index in [9.17, 15) is 0 Å². The highest BCUT2D eigenvalue weighted by Gasteiger charge is 2.01. The van der Waals surface area contributed by atoms with Crippen molar-refractivity contribution in [2.45, 2.75) is 13.5 Å². The Morgan fingerprint density at radius 2 is 2.44 bits per heavy atom. The SMILES string of the molecule is Cc1csc(CN)c1Br. The summed E-state index contributed by atoms with van der Waals surface area (Å²) < 4.78 is 1.18. The summed E-state index contributed by atoms with van der Waals surface area (Å²) in [7, 11) is 0. The van der Waals surface area contributed by atoms with Crippen LogP contribution in [-0.2, 0) is 6.54 Å². The van der Waals surface area contributed by atoms with E-state index in [1.165, 1.54) is 14.9 Å². The van der Waals surface area contributed by atoms with Gasteiger partial charge in [-0.25, -0.2) is 0 Å². The number of halogens is 1. The highest BCUT2D eigenvalue weighted by molar-refractivity contribution is 9.10. The van der Waals surface area contributed by atoms with E-state index in [0.717, 1.165) is 0 Å². The molecule has 1 aromatic heterocycles. The lowest BCUT2D eigenvalue weighted by molar-refractivity contribution is 1.10. The fourth-order valence-electron chi connectivity index (χ4n) is 0.621. The summed E-state index contributed by atoms with van der Waals surface area (Å²) in [5.74, 6) is 0. The van der Waals surface area contributed by atoms with E-state index < -0.39 is 0 Å². The Bertz CT molecular complexity index is 207. The number of thiophene rings is 1. The molecule has 0 unspecified atom stereocenters. The van der Waals surface area contributed by atoms with Gasteiger partial charge in [0.2, 0.25) is 0 Å². The normalized spacial score (nSPS) is 10.1. The minimum absolute atomic E-state index is 0.638. The van der Waals surface area contributed by atoms with Gasteiger partial charge in [0.15, 0.2) is 0 Å². The number of nitrogens with two attached hydrogens (primary N) is 1. The van der Waals surface area contributed by atoms with E-state index in [4.69, 9.17) is 5.73 Å². The number of hydrogen-bond donors (Lipinski definition) is 1. The Morgan fingerprint density at radius 1 is 1.78 bits per heavy atom. The summed E-state index contributed by atoms with van der Waals surface area (Å²) in [6.45, 7) is 2.71. The van der Waals surface area contributed by atoms with Crippen molar-refractivity contribution in [3.63, 3.8) is 0 Å². The zero-order chi connectivity index (χ0) is 6.85. The summed E-state index contributed by atoms with van der Waals surface area (Å²) in [5.41, 5.74) is 6.72. The second-order valence-corrected chi connectivity index (χ2v) is 3.62. The van der Waals surface area contributed by atoms with E-state index in [1.54, 1.807) is 11.3 Å². The van der Waals surface area contributed by atoms with Crippen molar-refractivity contribution in [2.75, 3.05) is 0 Å². The van der Waals surface area contributed by atoms with Gasteiger partial charge in [0, 0.05) is 15.9 Å². The lowest BCUT2D eigenvalue weighted by Crippen LogP contribution is -1.92. The molecule has 2 N–H and O–H groups in total. The molecule has 0 aliphatic carbocycles. The first-order valence-electron chi connectivity index (χ1n) is 2.68. The van der Waals surface area contributed by atoms with E-state index in [-0.39, 0.29) is 0 Å². The minimum atomic E-state index is 0.638. The smallest absolute Gasteiger partial charge is 0.0356 e. The summed E-state index contributed by atoms with van der Waals surface area (Å²) in [5, 5.41) is 2.10. The van der Waals surface area contributed by atoms with Crippen LogP contribution in [-0.4, -0.2) is 0 Å². The van der Waals surface area contributed by atoms with Crippen LogP contribution < -0.4 is 5.73 Å². The Hall–Kier alpha value is 0.140. The molecule has 0 saturated carbocycles. The van der Waals surface area contributed by atoms with Crippen LogP contribution in [0.25, 0.3) is 0 Å². The van der Waals surface area contributed by atoms with Crippen LogP contribution in [0.2, 0.25) is 0 Å². The van der Waals surface area contributed by atoms with Crippen molar-refractivity contribution in [3.8, 4) is 0 Å². The Morgan fingerprint density at radius 3 is 2.67 bits per heavy atom. The molecule has 9 heavy (non-hydrogen) atoms. The molecule has 0 aliphatic heterocycles. The summed E-state index contributed by atoms with van der Waals surface area (Å²) >= 11 is 5.15. The predicted octanol–water partition coefficient (Wildman–Crippen LogP) is 2.28. The van der Waals surface area contributed by atoms with Crippen molar-refractivity contribution >= 4 is 27.3 Å². The molecule has 50 valence electrons. The number of hydrogen-bond acceptors (Lipinski definition) is 2. The Kier molecular flexibility index (Phi) is 2.27. The van der Waals surface area contributed by atoms with E-state index >= 15 is 0 Å². The molecule has 0 radical (unpaired) electrons. The molecule has 1 nitrogen and oxygen atoms in total. The molecule has 3 heteroatoms. The van der Waals surface area contributed by atoms with Crippen molar-refractivity contribution in [1.29, 1.82) is 0 Å². The van der Waals surface area contributed by atoms with E-state index in [2.05, 4.69) is 28.2 Å². The van der Waals surface area contributed by atoms with Gasteiger partial charge in [0.25, 0.3) is 0 Å².